The van der Waals surface area contributed by atoms with Crippen molar-refractivity contribution in [1.82, 2.24) is 4.90 Å². The van der Waals surface area contributed by atoms with Crippen LogP contribution in [-0.4, -0.2) is 35.0 Å². The number of carboxylic acid groups (broad SMARTS) is 1. The van der Waals surface area contributed by atoms with E-state index in [4.69, 9.17) is 5.11 Å². The van der Waals surface area contributed by atoms with Gasteiger partial charge in [-0.1, -0.05) is 28.1 Å². The van der Waals surface area contributed by atoms with Crippen molar-refractivity contribution in [3.05, 3.63) is 34.3 Å². The summed E-state index contributed by atoms with van der Waals surface area (Å²) < 4.78 is 1.01. The highest BCUT2D eigenvalue weighted by Gasteiger charge is 2.53. The summed E-state index contributed by atoms with van der Waals surface area (Å²) in [5.41, 5.74) is 0.767. The van der Waals surface area contributed by atoms with Crippen LogP contribution in [0, 0.1) is 5.92 Å². The highest BCUT2D eigenvalue weighted by Crippen LogP contribution is 2.50. The first-order chi connectivity index (χ1) is 11.0. The number of amides is 1. The molecule has 1 aliphatic carbocycles. The van der Waals surface area contributed by atoms with Gasteiger partial charge in [0.25, 0.3) is 0 Å². The van der Waals surface area contributed by atoms with Gasteiger partial charge in [-0.2, -0.15) is 0 Å². The lowest BCUT2D eigenvalue weighted by atomic mass is 9.89. The molecule has 1 saturated heterocycles. The number of hydrogen-bond donors (Lipinski definition) is 1. The molecular formula is C18H22BrNO3. The Kier molecular flexibility index (Phi) is 4.76. The number of aliphatic carboxylic acids is 1. The Labute approximate surface area is 145 Å². The maximum Gasteiger partial charge on any atom is 0.303 e. The maximum absolute atomic E-state index is 13.1. The van der Waals surface area contributed by atoms with Crippen LogP contribution in [0.3, 0.4) is 0 Å². The van der Waals surface area contributed by atoms with Gasteiger partial charge < -0.3 is 10.0 Å². The van der Waals surface area contributed by atoms with Gasteiger partial charge in [0.1, 0.15) is 0 Å². The summed E-state index contributed by atoms with van der Waals surface area (Å²) >= 11 is 3.49. The van der Waals surface area contributed by atoms with Crippen molar-refractivity contribution in [3.63, 3.8) is 0 Å². The van der Waals surface area contributed by atoms with Crippen molar-refractivity contribution in [1.29, 1.82) is 0 Å². The van der Waals surface area contributed by atoms with Crippen molar-refractivity contribution < 1.29 is 14.7 Å². The van der Waals surface area contributed by atoms with Gasteiger partial charge in [0.15, 0.2) is 0 Å². The highest BCUT2D eigenvalue weighted by atomic mass is 79.9. The third-order valence-corrected chi connectivity index (χ3v) is 5.60. The molecule has 5 heteroatoms. The molecule has 0 aromatic heterocycles. The zero-order valence-electron chi connectivity index (χ0n) is 13.1. The minimum atomic E-state index is -0.749. The Morgan fingerprint density at radius 1 is 1.35 bits per heavy atom. The number of benzene rings is 1. The van der Waals surface area contributed by atoms with Gasteiger partial charge in [0, 0.05) is 24.0 Å². The van der Waals surface area contributed by atoms with Crippen LogP contribution in [-0.2, 0) is 15.0 Å². The van der Waals surface area contributed by atoms with Crippen LogP contribution < -0.4 is 0 Å². The first-order valence-electron chi connectivity index (χ1n) is 8.28. The molecule has 3 rings (SSSR count). The summed E-state index contributed by atoms with van der Waals surface area (Å²) in [5.74, 6) is -0.195. The smallest absolute Gasteiger partial charge is 0.303 e. The van der Waals surface area contributed by atoms with E-state index in [9.17, 15) is 9.59 Å². The number of rotatable bonds is 5. The molecule has 2 aliphatic rings. The van der Waals surface area contributed by atoms with Crippen LogP contribution in [0.25, 0.3) is 0 Å². The molecule has 0 spiro atoms. The Balaban J connectivity index is 1.69. The SMILES string of the molecule is O=C(O)CCC1CCCN(C(=O)C2(c3cccc(Br)c3)CC2)C1. The van der Waals surface area contributed by atoms with Crippen LogP contribution in [0.5, 0.6) is 0 Å². The number of carboxylic acids is 1. The number of carbonyl (C=O) groups excluding carboxylic acids is 1. The van der Waals surface area contributed by atoms with Gasteiger partial charge in [-0.25, -0.2) is 0 Å². The van der Waals surface area contributed by atoms with Gasteiger partial charge in [-0.15, -0.1) is 0 Å². The van der Waals surface area contributed by atoms with E-state index >= 15 is 0 Å². The van der Waals surface area contributed by atoms with E-state index in [1.54, 1.807) is 0 Å². The van der Waals surface area contributed by atoms with Gasteiger partial charge in [0.2, 0.25) is 5.91 Å². The zero-order valence-corrected chi connectivity index (χ0v) is 14.7. The lowest BCUT2D eigenvalue weighted by molar-refractivity contribution is -0.137. The molecule has 124 valence electrons. The van der Waals surface area contributed by atoms with Gasteiger partial charge in [0.05, 0.1) is 5.41 Å². The van der Waals surface area contributed by atoms with Crippen molar-refractivity contribution in [2.45, 2.75) is 43.9 Å². The van der Waals surface area contributed by atoms with Gasteiger partial charge >= 0.3 is 5.97 Å². The number of piperidine rings is 1. The standard InChI is InChI=1S/C18H22BrNO3/c19-15-5-1-4-14(11-15)18(8-9-18)17(23)20-10-2-3-13(12-20)6-7-16(21)22/h1,4-5,11,13H,2-3,6-10,12H2,(H,21,22). The molecule has 1 heterocycles. The molecule has 0 bridgehead atoms. The maximum atomic E-state index is 13.1. The molecule has 23 heavy (non-hydrogen) atoms. The van der Waals surface area contributed by atoms with Gasteiger partial charge in [-0.3, -0.25) is 9.59 Å². The zero-order chi connectivity index (χ0) is 16.4. The highest BCUT2D eigenvalue weighted by molar-refractivity contribution is 9.10. The van der Waals surface area contributed by atoms with E-state index in [-0.39, 0.29) is 17.7 Å². The van der Waals surface area contributed by atoms with Crippen LogP contribution in [0.2, 0.25) is 0 Å². The van der Waals surface area contributed by atoms with Crippen LogP contribution in [0.4, 0.5) is 0 Å². The van der Waals surface area contributed by atoms with Crippen molar-refractivity contribution in [3.8, 4) is 0 Å². The monoisotopic (exact) mass is 379 g/mol. The average molecular weight is 380 g/mol. The fraction of sp³-hybridized carbons (Fsp3) is 0.556. The summed E-state index contributed by atoms with van der Waals surface area (Å²) in [6, 6.07) is 8.06. The predicted octanol–water partition coefficient (Wildman–Crippen LogP) is 3.58. The Hall–Kier alpha value is -1.36. The summed E-state index contributed by atoms with van der Waals surface area (Å²) in [7, 11) is 0. The lowest BCUT2D eigenvalue weighted by Crippen LogP contribution is -2.45. The molecule has 1 aliphatic heterocycles. The normalized spacial score (nSPS) is 22.7. The second kappa shape index (κ2) is 6.63. The van der Waals surface area contributed by atoms with E-state index in [0.717, 1.165) is 42.3 Å². The van der Waals surface area contributed by atoms with Gasteiger partial charge in [-0.05, 0) is 55.7 Å². The Morgan fingerprint density at radius 2 is 2.13 bits per heavy atom. The summed E-state index contributed by atoms with van der Waals surface area (Å²) in [6.07, 6.45) is 4.70. The number of carbonyl (C=O) groups is 2. The van der Waals surface area contributed by atoms with E-state index < -0.39 is 5.97 Å². The molecule has 1 aromatic rings. The molecule has 0 radical (unpaired) electrons. The third kappa shape index (κ3) is 3.60. The number of hydrogen-bond acceptors (Lipinski definition) is 2. The van der Waals surface area contributed by atoms with Crippen molar-refractivity contribution >= 4 is 27.8 Å². The molecule has 1 atom stereocenters. The molecule has 1 aromatic carbocycles. The van der Waals surface area contributed by atoms with E-state index in [1.165, 1.54) is 0 Å². The number of likely N-dealkylation sites (tertiary alicyclic amines) is 1. The molecule has 4 nitrogen and oxygen atoms in total. The second-order valence-corrected chi connectivity index (χ2v) is 7.70. The molecule has 1 unspecified atom stereocenters. The molecule has 1 saturated carbocycles. The first kappa shape index (κ1) is 16.5. The molecular weight excluding hydrogens is 358 g/mol. The summed E-state index contributed by atoms with van der Waals surface area (Å²) in [4.78, 5) is 25.8. The average Bonchev–Trinajstić information content (AvgIpc) is 3.34. The summed E-state index contributed by atoms with van der Waals surface area (Å²) in [6.45, 7) is 1.51. The molecule has 1 N–H and O–H groups in total. The Bertz CT molecular complexity index is 612. The fourth-order valence-corrected chi connectivity index (χ4v) is 4.05. The van der Waals surface area contributed by atoms with Crippen LogP contribution in [0.15, 0.2) is 28.7 Å². The predicted molar refractivity (Wildman–Crippen MR) is 91.2 cm³/mol. The van der Waals surface area contributed by atoms with Crippen molar-refractivity contribution in [2.75, 3.05) is 13.1 Å². The quantitative estimate of drug-likeness (QED) is 0.850. The van der Waals surface area contributed by atoms with E-state index in [1.807, 2.05) is 23.1 Å². The van der Waals surface area contributed by atoms with Crippen LogP contribution >= 0.6 is 15.9 Å². The summed E-state index contributed by atoms with van der Waals surface area (Å²) in [5, 5.41) is 8.85. The van der Waals surface area contributed by atoms with E-state index in [2.05, 4.69) is 22.0 Å². The number of halogens is 1. The number of nitrogens with zero attached hydrogens (tertiary/aromatic N) is 1. The topological polar surface area (TPSA) is 57.6 Å². The Morgan fingerprint density at radius 3 is 2.78 bits per heavy atom. The first-order valence-corrected chi connectivity index (χ1v) is 9.08. The second-order valence-electron chi connectivity index (χ2n) is 6.78. The minimum absolute atomic E-state index is 0.198. The molecule has 2 fully saturated rings. The lowest BCUT2D eigenvalue weighted by Gasteiger charge is -2.35. The third-order valence-electron chi connectivity index (χ3n) is 5.11. The minimum Gasteiger partial charge on any atom is -0.481 e. The van der Waals surface area contributed by atoms with Crippen molar-refractivity contribution in [2.24, 2.45) is 5.92 Å². The largest absolute Gasteiger partial charge is 0.481 e. The van der Waals surface area contributed by atoms with E-state index in [0.29, 0.717) is 18.9 Å². The fourth-order valence-electron chi connectivity index (χ4n) is 3.65. The van der Waals surface area contributed by atoms with Crippen LogP contribution in [0.1, 0.15) is 44.1 Å². The molecule has 1 amide bonds.